The monoisotopic (exact) mass is 304 g/mol. The summed E-state index contributed by atoms with van der Waals surface area (Å²) in [6.45, 7) is 2.07. The van der Waals surface area contributed by atoms with Gasteiger partial charge in [0.05, 0.1) is 16.6 Å². The number of aromatic nitrogens is 1. The number of pyridine rings is 1. The Balaban J connectivity index is 1.72. The Kier molecular flexibility index (Phi) is 3.80. The van der Waals surface area contributed by atoms with E-state index in [0.29, 0.717) is 5.02 Å². The third kappa shape index (κ3) is 2.89. The van der Waals surface area contributed by atoms with Crippen molar-refractivity contribution in [2.45, 2.75) is 17.9 Å². The molecular formula is C14H13ClN4S. The number of halogens is 1. The van der Waals surface area contributed by atoms with Gasteiger partial charge in [-0.25, -0.2) is 0 Å². The molecule has 1 unspecified atom stereocenters. The van der Waals surface area contributed by atoms with Crippen molar-refractivity contribution < 1.29 is 0 Å². The topological polar surface area (TPSA) is 49.3 Å². The standard InChI is InChI=1S/C14H13ClN4S/c1-9(10-3-2-6-16-8-10)17-14-18-12-7-11(15)4-5-13(12)20-19-14/h2-9H,1H3,(H2,17,18,19). The van der Waals surface area contributed by atoms with Gasteiger partial charge in [-0.15, -0.1) is 0 Å². The molecule has 2 N–H and O–H groups in total. The van der Waals surface area contributed by atoms with Crippen LogP contribution in [-0.2, 0) is 0 Å². The molecule has 1 atom stereocenters. The number of fused-ring (bicyclic) bond motifs is 1. The molecule has 102 valence electrons. The minimum absolute atomic E-state index is 0.122. The van der Waals surface area contributed by atoms with Crippen molar-refractivity contribution in [3.05, 3.63) is 53.3 Å². The first kappa shape index (κ1) is 13.3. The fourth-order valence-corrected chi connectivity index (χ4v) is 2.70. The number of hydrogen-bond donors (Lipinski definition) is 2. The Morgan fingerprint density at radius 1 is 1.35 bits per heavy atom. The van der Waals surface area contributed by atoms with Crippen molar-refractivity contribution in [3.8, 4) is 0 Å². The molecule has 0 bridgehead atoms. The van der Waals surface area contributed by atoms with Crippen molar-refractivity contribution in [2.75, 3.05) is 5.32 Å². The second-order valence-electron chi connectivity index (χ2n) is 4.45. The molecule has 1 aromatic heterocycles. The van der Waals surface area contributed by atoms with Crippen LogP contribution in [0.25, 0.3) is 0 Å². The zero-order valence-corrected chi connectivity index (χ0v) is 12.4. The molecule has 0 amide bonds. The normalized spacial score (nSPS) is 14.8. The van der Waals surface area contributed by atoms with Gasteiger partial charge in [0.25, 0.3) is 0 Å². The van der Waals surface area contributed by atoms with Gasteiger partial charge < -0.3 is 10.6 Å². The highest BCUT2D eigenvalue weighted by atomic mass is 35.5. The third-order valence-corrected chi connectivity index (χ3v) is 4.03. The van der Waals surface area contributed by atoms with Crippen molar-refractivity contribution in [3.63, 3.8) is 0 Å². The first-order chi connectivity index (χ1) is 9.72. The van der Waals surface area contributed by atoms with Gasteiger partial charge >= 0.3 is 0 Å². The number of nitrogens with one attached hydrogen (secondary N) is 2. The smallest absolute Gasteiger partial charge is 0.208 e. The van der Waals surface area contributed by atoms with Crippen LogP contribution in [0.4, 0.5) is 5.69 Å². The summed E-state index contributed by atoms with van der Waals surface area (Å²) in [5.41, 5.74) is 2.08. The van der Waals surface area contributed by atoms with E-state index in [0.717, 1.165) is 22.1 Å². The first-order valence-electron chi connectivity index (χ1n) is 6.20. The number of nitrogens with zero attached hydrogens (tertiary/aromatic N) is 2. The van der Waals surface area contributed by atoms with E-state index in [1.54, 1.807) is 6.20 Å². The molecule has 20 heavy (non-hydrogen) atoms. The van der Waals surface area contributed by atoms with Gasteiger partial charge in [-0.1, -0.05) is 17.7 Å². The fourth-order valence-electron chi connectivity index (χ4n) is 1.91. The fraction of sp³-hybridized carbons (Fsp3) is 0.143. The van der Waals surface area contributed by atoms with Crippen LogP contribution in [0.5, 0.6) is 0 Å². The average Bonchev–Trinajstić information content (AvgIpc) is 2.47. The van der Waals surface area contributed by atoms with Crippen LogP contribution < -0.4 is 10.6 Å². The molecule has 3 rings (SSSR count). The molecule has 0 radical (unpaired) electrons. The third-order valence-electron chi connectivity index (χ3n) is 2.97. The Labute approximate surface area is 126 Å². The zero-order valence-electron chi connectivity index (χ0n) is 10.8. The lowest BCUT2D eigenvalue weighted by atomic mass is 10.1. The van der Waals surface area contributed by atoms with Gasteiger partial charge in [0.1, 0.15) is 0 Å². The van der Waals surface area contributed by atoms with Gasteiger partial charge in [-0.05, 0) is 36.8 Å². The van der Waals surface area contributed by atoms with Gasteiger partial charge in [-0.3, -0.25) is 4.98 Å². The summed E-state index contributed by atoms with van der Waals surface area (Å²) >= 11 is 7.44. The summed E-state index contributed by atoms with van der Waals surface area (Å²) in [4.78, 5) is 5.19. The number of rotatable bonds is 2. The first-order valence-corrected chi connectivity index (χ1v) is 7.35. The van der Waals surface area contributed by atoms with E-state index in [1.165, 1.54) is 11.9 Å². The molecule has 2 heterocycles. The molecule has 0 aliphatic carbocycles. The van der Waals surface area contributed by atoms with Crippen LogP contribution in [0.15, 0.2) is 52.0 Å². The second kappa shape index (κ2) is 5.73. The van der Waals surface area contributed by atoms with Crippen molar-refractivity contribution >= 4 is 35.2 Å². The van der Waals surface area contributed by atoms with Crippen LogP contribution in [-0.4, -0.2) is 10.9 Å². The van der Waals surface area contributed by atoms with E-state index in [4.69, 9.17) is 11.6 Å². The number of benzene rings is 1. The largest absolute Gasteiger partial charge is 0.349 e. The molecule has 2 aromatic rings. The van der Waals surface area contributed by atoms with Gasteiger partial charge in [-0.2, -0.15) is 4.40 Å². The van der Waals surface area contributed by atoms with E-state index in [-0.39, 0.29) is 6.04 Å². The van der Waals surface area contributed by atoms with Crippen LogP contribution in [0.3, 0.4) is 0 Å². The molecule has 1 aliphatic heterocycles. The van der Waals surface area contributed by atoms with Crippen LogP contribution >= 0.6 is 23.5 Å². The van der Waals surface area contributed by atoms with Crippen molar-refractivity contribution in [2.24, 2.45) is 4.40 Å². The van der Waals surface area contributed by atoms with E-state index in [1.807, 2.05) is 36.5 Å². The molecule has 0 spiro atoms. The summed E-state index contributed by atoms with van der Waals surface area (Å²) in [7, 11) is 0. The summed E-state index contributed by atoms with van der Waals surface area (Å²) in [5, 5.41) is 7.29. The quantitative estimate of drug-likeness (QED) is 0.827. The lowest BCUT2D eigenvalue weighted by Crippen LogP contribution is -2.33. The lowest BCUT2D eigenvalue weighted by molar-refractivity contribution is 0.712. The number of anilines is 1. The SMILES string of the molecule is CC(NC1=NSc2ccc(Cl)cc2N1)c1cccnc1. The molecule has 1 aromatic carbocycles. The summed E-state index contributed by atoms with van der Waals surface area (Å²) < 4.78 is 4.41. The highest BCUT2D eigenvalue weighted by Crippen LogP contribution is 2.33. The molecule has 0 saturated carbocycles. The molecule has 0 saturated heterocycles. The summed E-state index contributed by atoms with van der Waals surface area (Å²) in [6, 6.07) is 9.80. The van der Waals surface area contributed by atoms with Crippen LogP contribution in [0.1, 0.15) is 18.5 Å². The summed E-state index contributed by atoms with van der Waals surface area (Å²) in [6.07, 6.45) is 3.61. The van der Waals surface area contributed by atoms with E-state index in [2.05, 4.69) is 26.9 Å². The van der Waals surface area contributed by atoms with E-state index < -0.39 is 0 Å². The maximum Gasteiger partial charge on any atom is 0.208 e. The lowest BCUT2D eigenvalue weighted by Gasteiger charge is -2.22. The summed E-state index contributed by atoms with van der Waals surface area (Å²) in [5.74, 6) is 0.723. The molecular weight excluding hydrogens is 292 g/mol. The molecule has 1 aliphatic rings. The Hall–Kier alpha value is -1.72. The zero-order chi connectivity index (χ0) is 13.9. The Bertz CT molecular complexity index is 645. The van der Waals surface area contributed by atoms with Gasteiger partial charge in [0.2, 0.25) is 5.96 Å². The maximum absolute atomic E-state index is 6.01. The van der Waals surface area contributed by atoms with E-state index >= 15 is 0 Å². The Morgan fingerprint density at radius 3 is 3.05 bits per heavy atom. The van der Waals surface area contributed by atoms with Crippen LogP contribution in [0, 0.1) is 0 Å². The molecule has 6 heteroatoms. The minimum Gasteiger partial charge on any atom is -0.349 e. The minimum atomic E-state index is 0.122. The van der Waals surface area contributed by atoms with Gasteiger partial charge in [0, 0.05) is 29.4 Å². The highest BCUT2D eigenvalue weighted by Gasteiger charge is 2.15. The predicted molar refractivity (Wildman–Crippen MR) is 84.2 cm³/mol. The highest BCUT2D eigenvalue weighted by molar-refractivity contribution is 7.98. The van der Waals surface area contributed by atoms with Crippen molar-refractivity contribution in [1.29, 1.82) is 0 Å². The average molecular weight is 305 g/mol. The number of guanidine groups is 1. The number of hydrogen-bond acceptors (Lipinski definition) is 5. The molecule has 0 fully saturated rings. The maximum atomic E-state index is 6.01. The van der Waals surface area contributed by atoms with E-state index in [9.17, 15) is 0 Å². The molecule has 4 nitrogen and oxygen atoms in total. The van der Waals surface area contributed by atoms with Crippen LogP contribution in [0.2, 0.25) is 5.02 Å². The Morgan fingerprint density at radius 2 is 2.25 bits per heavy atom. The second-order valence-corrected chi connectivity index (χ2v) is 5.69. The predicted octanol–water partition coefficient (Wildman–Crippen LogP) is 3.87. The van der Waals surface area contributed by atoms with Gasteiger partial charge in [0.15, 0.2) is 0 Å². The van der Waals surface area contributed by atoms with Crippen molar-refractivity contribution in [1.82, 2.24) is 10.3 Å².